The third kappa shape index (κ3) is 4.06. The SMILES string of the molecule is CC[C@H]1CCCCN1C(=O)c1cnc2nc(C)ccc2c1Nc1cccc(Cl)c1. The van der Waals surface area contributed by atoms with E-state index in [2.05, 4.69) is 22.2 Å². The molecule has 6 heteroatoms. The van der Waals surface area contributed by atoms with Gasteiger partial charge in [-0.25, -0.2) is 9.97 Å². The highest BCUT2D eigenvalue weighted by Gasteiger charge is 2.28. The van der Waals surface area contributed by atoms with Crippen molar-refractivity contribution in [2.45, 2.75) is 45.6 Å². The first kappa shape index (κ1) is 19.6. The Morgan fingerprint density at radius 3 is 2.93 bits per heavy atom. The summed E-state index contributed by atoms with van der Waals surface area (Å²) in [5, 5.41) is 4.88. The first-order valence-electron chi connectivity index (χ1n) is 10.2. The Morgan fingerprint density at radius 2 is 2.14 bits per heavy atom. The van der Waals surface area contributed by atoms with Gasteiger partial charge in [0.2, 0.25) is 0 Å². The lowest BCUT2D eigenvalue weighted by molar-refractivity contribution is 0.0609. The number of nitrogens with one attached hydrogen (secondary N) is 1. The minimum Gasteiger partial charge on any atom is -0.354 e. The molecule has 1 fully saturated rings. The molecule has 0 radical (unpaired) electrons. The molecule has 0 bridgehead atoms. The number of anilines is 2. The fourth-order valence-corrected chi connectivity index (χ4v) is 4.22. The molecule has 0 spiro atoms. The number of pyridine rings is 2. The summed E-state index contributed by atoms with van der Waals surface area (Å²) < 4.78 is 0. The van der Waals surface area contributed by atoms with E-state index in [1.54, 1.807) is 6.20 Å². The number of carbonyl (C=O) groups excluding carboxylic acids is 1. The number of nitrogens with zero attached hydrogens (tertiary/aromatic N) is 3. The third-order valence-corrected chi connectivity index (χ3v) is 5.79. The standard InChI is InChI=1S/C23H25ClN4O/c1-3-18-9-4-5-12-28(18)23(29)20-14-25-22-19(11-10-15(2)26-22)21(20)27-17-8-6-7-16(24)13-17/h6-8,10-11,13-14,18H,3-5,9,12H2,1-2H3,(H,25,26,27)/t18-/m0/s1. The maximum Gasteiger partial charge on any atom is 0.257 e. The number of likely N-dealkylation sites (tertiary alicyclic amines) is 1. The fraction of sp³-hybridized carbons (Fsp3) is 0.348. The number of aromatic nitrogens is 2. The van der Waals surface area contributed by atoms with E-state index >= 15 is 0 Å². The van der Waals surface area contributed by atoms with Crippen molar-refractivity contribution in [3.05, 3.63) is 58.9 Å². The van der Waals surface area contributed by atoms with Crippen molar-refractivity contribution in [2.75, 3.05) is 11.9 Å². The van der Waals surface area contributed by atoms with Crippen LogP contribution in [-0.4, -0.2) is 33.4 Å². The summed E-state index contributed by atoms with van der Waals surface area (Å²) in [6.45, 7) is 4.87. The van der Waals surface area contributed by atoms with Gasteiger partial charge in [-0.15, -0.1) is 0 Å². The Bertz CT molecular complexity index is 1050. The quantitative estimate of drug-likeness (QED) is 0.598. The third-order valence-electron chi connectivity index (χ3n) is 5.55. The second-order valence-electron chi connectivity index (χ2n) is 7.56. The summed E-state index contributed by atoms with van der Waals surface area (Å²) in [4.78, 5) is 24.6. The van der Waals surface area contributed by atoms with Crippen LogP contribution in [0.15, 0.2) is 42.6 Å². The van der Waals surface area contributed by atoms with Crippen LogP contribution in [0.5, 0.6) is 0 Å². The fourth-order valence-electron chi connectivity index (χ4n) is 4.03. The molecule has 1 aromatic carbocycles. The highest BCUT2D eigenvalue weighted by atomic mass is 35.5. The number of carbonyl (C=O) groups is 1. The predicted molar refractivity (Wildman–Crippen MR) is 118 cm³/mol. The largest absolute Gasteiger partial charge is 0.354 e. The van der Waals surface area contributed by atoms with Crippen LogP contribution in [0.4, 0.5) is 11.4 Å². The zero-order valence-corrected chi connectivity index (χ0v) is 17.5. The van der Waals surface area contributed by atoms with Crippen LogP contribution in [0.1, 0.15) is 48.7 Å². The van der Waals surface area contributed by atoms with Gasteiger partial charge in [-0.1, -0.05) is 24.6 Å². The van der Waals surface area contributed by atoms with E-state index in [-0.39, 0.29) is 11.9 Å². The lowest BCUT2D eigenvalue weighted by atomic mass is 9.98. The first-order chi connectivity index (χ1) is 14.1. The van der Waals surface area contributed by atoms with Gasteiger partial charge in [-0.3, -0.25) is 4.79 Å². The van der Waals surface area contributed by atoms with Gasteiger partial charge in [0.15, 0.2) is 5.65 Å². The molecule has 0 unspecified atom stereocenters. The van der Waals surface area contributed by atoms with Crippen LogP contribution in [0, 0.1) is 6.92 Å². The van der Waals surface area contributed by atoms with Gasteiger partial charge in [-0.2, -0.15) is 0 Å². The van der Waals surface area contributed by atoms with Gasteiger partial charge in [0.1, 0.15) is 0 Å². The molecule has 0 saturated carbocycles. The number of hydrogen-bond donors (Lipinski definition) is 1. The smallest absolute Gasteiger partial charge is 0.257 e. The molecule has 3 heterocycles. The van der Waals surface area contributed by atoms with Crippen LogP contribution in [0.3, 0.4) is 0 Å². The summed E-state index contributed by atoms with van der Waals surface area (Å²) in [6, 6.07) is 11.7. The molecule has 1 saturated heterocycles. The van der Waals surface area contributed by atoms with Crippen molar-refractivity contribution in [2.24, 2.45) is 0 Å². The number of piperidine rings is 1. The Kier molecular flexibility index (Phi) is 5.67. The highest BCUT2D eigenvalue weighted by molar-refractivity contribution is 6.30. The van der Waals surface area contributed by atoms with E-state index in [1.807, 2.05) is 48.2 Å². The average Bonchev–Trinajstić information content (AvgIpc) is 2.73. The maximum absolute atomic E-state index is 13.6. The van der Waals surface area contributed by atoms with Crippen molar-refractivity contribution < 1.29 is 4.79 Å². The van der Waals surface area contributed by atoms with Crippen molar-refractivity contribution >= 4 is 39.9 Å². The average molecular weight is 409 g/mol. The molecule has 4 rings (SSSR count). The zero-order valence-electron chi connectivity index (χ0n) is 16.8. The first-order valence-corrected chi connectivity index (χ1v) is 10.5. The molecule has 150 valence electrons. The molecular weight excluding hydrogens is 384 g/mol. The number of rotatable bonds is 4. The number of hydrogen-bond acceptors (Lipinski definition) is 4. The second-order valence-corrected chi connectivity index (χ2v) is 8.00. The van der Waals surface area contributed by atoms with Gasteiger partial charge in [0.05, 0.1) is 11.3 Å². The number of benzene rings is 1. The van der Waals surface area contributed by atoms with Gasteiger partial charge in [-0.05, 0) is 62.9 Å². The van der Waals surface area contributed by atoms with Crippen molar-refractivity contribution in [1.82, 2.24) is 14.9 Å². The van der Waals surface area contributed by atoms with Crippen LogP contribution in [0.25, 0.3) is 11.0 Å². The van der Waals surface area contributed by atoms with Crippen molar-refractivity contribution in [3.8, 4) is 0 Å². The zero-order chi connectivity index (χ0) is 20.4. The molecular formula is C23H25ClN4O. The van der Waals surface area contributed by atoms with Gasteiger partial charge in [0.25, 0.3) is 5.91 Å². The molecule has 1 N–H and O–H groups in total. The molecule has 3 aromatic rings. The van der Waals surface area contributed by atoms with E-state index in [0.29, 0.717) is 16.2 Å². The lowest BCUT2D eigenvalue weighted by Crippen LogP contribution is -2.43. The maximum atomic E-state index is 13.6. The number of halogens is 1. The van der Waals surface area contributed by atoms with Crippen molar-refractivity contribution in [3.63, 3.8) is 0 Å². The van der Waals surface area contributed by atoms with Crippen LogP contribution < -0.4 is 5.32 Å². The minimum atomic E-state index is 0.0241. The summed E-state index contributed by atoms with van der Waals surface area (Å²) in [5.41, 5.74) is 3.64. The molecule has 0 aliphatic carbocycles. The minimum absolute atomic E-state index is 0.0241. The number of amides is 1. The molecule has 29 heavy (non-hydrogen) atoms. The highest BCUT2D eigenvalue weighted by Crippen LogP contribution is 2.32. The van der Waals surface area contributed by atoms with E-state index < -0.39 is 0 Å². The molecule has 1 amide bonds. The molecule has 2 aromatic heterocycles. The molecule has 1 atom stereocenters. The summed E-state index contributed by atoms with van der Waals surface area (Å²) in [7, 11) is 0. The Labute approximate surface area is 176 Å². The Hall–Kier alpha value is -2.66. The van der Waals surface area contributed by atoms with Crippen LogP contribution >= 0.6 is 11.6 Å². The normalized spacial score (nSPS) is 16.8. The topological polar surface area (TPSA) is 58.1 Å². The molecule has 1 aliphatic rings. The summed E-state index contributed by atoms with van der Waals surface area (Å²) in [5.74, 6) is 0.0241. The van der Waals surface area contributed by atoms with Gasteiger partial charge < -0.3 is 10.2 Å². The monoisotopic (exact) mass is 408 g/mol. The Balaban J connectivity index is 1.82. The number of aryl methyl sites for hydroxylation is 1. The van der Waals surface area contributed by atoms with Crippen molar-refractivity contribution in [1.29, 1.82) is 0 Å². The van der Waals surface area contributed by atoms with E-state index in [4.69, 9.17) is 11.6 Å². The van der Waals surface area contributed by atoms with E-state index in [1.165, 1.54) is 6.42 Å². The van der Waals surface area contributed by atoms with Crippen LogP contribution in [0.2, 0.25) is 5.02 Å². The number of fused-ring (bicyclic) bond motifs is 1. The predicted octanol–water partition coefficient (Wildman–Crippen LogP) is 5.74. The van der Waals surface area contributed by atoms with Gasteiger partial charge >= 0.3 is 0 Å². The summed E-state index contributed by atoms with van der Waals surface area (Å²) in [6.07, 6.45) is 5.90. The molecule has 1 aliphatic heterocycles. The van der Waals surface area contributed by atoms with Crippen LogP contribution in [-0.2, 0) is 0 Å². The van der Waals surface area contributed by atoms with E-state index in [9.17, 15) is 4.79 Å². The van der Waals surface area contributed by atoms with E-state index in [0.717, 1.165) is 48.3 Å². The van der Waals surface area contributed by atoms with Gasteiger partial charge in [0, 0.05) is 40.6 Å². The second kappa shape index (κ2) is 8.37. The summed E-state index contributed by atoms with van der Waals surface area (Å²) >= 11 is 6.17. The molecule has 5 nitrogen and oxygen atoms in total. The lowest BCUT2D eigenvalue weighted by Gasteiger charge is -2.35. The Morgan fingerprint density at radius 1 is 1.28 bits per heavy atom.